The number of hydrogen-bond acceptors (Lipinski definition) is 5. The van der Waals surface area contributed by atoms with Gasteiger partial charge in [-0.25, -0.2) is 0 Å². The van der Waals surface area contributed by atoms with Crippen molar-refractivity contribution in [1.29, 1.82) is 0 Å². The molecule has 0 spiro atoms. The van der Waals surface area contributed by atoms with E-state index < -0.39 is 0 Å². The molecular weight excluding hydrogens is 254 g/mol. The van der Waals surface area contributed by atoms with Crippen LogP contribution in [0.15, 0.2) is 35.4 Å². The quantitative estimate of drug-likeness (QED) is 0.326. The maximum absolute atomic E-state index is 12.0. The summed E-state index contributed by atoms with van der Waals surface area (Å²) in [6.45, 7) is 2.75. The molecule has 0 saturated carbocycles. The number of likely N-dealkylation sites (N-methyl/N-ethyl adjacent to an activating group) is 1. The number of rotatable bonds is 8. The minimum Gasteiger partial charge on any atom is -0.482 e. The third kappa shape index (κ3) is 5.40. The molecular formula is C15H23N3O2. The molecule has 0 aromatic heterocycles. The van der Waals surface area contributed by atoms with Crippen LogP contribution in [0.5, 0.6) is 0 Å². The molecule has 0 aliphatic heterocycles. The number of carbonyl (C=O) groups excluding carboxylic acids is 1. The van der Waals surface area contributed by atoms with E-state index in [0.29, 0.717) is 25.2 Å². The van der Waals surface area contributed by atoms with Crippen molar-refractivity contribution >= 4 is 11.7 Å². The van der Waals surface area contributed by atoms with Crippen LogP contribution in [0.4, 0.5) is 0 Å². The molecule has 5 heteroatoms. The Hall–Kier alpha value is -1.88. The molecule has 1 aromatic rings. The summed E-state index contributed by atoms with van der Waals surface area (Å²) in [5.41, 5.74) is 1.04. The molecule has 1 atom stereocenters. The van der Waals surface area contributed by atoms with Crippen molar-refractivity contribution in [2.24, 2.45) is 10.9 Å². The predicted molar refractivity (Wildman–Crippen MR) is 80.5 cm³/mol. The lowest BCUT2D eigenvalue weighted by Gasteiger charge is -2.17. The minimum atomic E-state index is -0.116. The van der Waals surface area contributed by atoms with E-state index in [-0.39, 0.29) is 11.8 Å². The van der Waals surface area contributed by atoms with Crippen molar-refractivity contribution in [3.8, 4) is 0 Å². The van der Waals surface area contributed by atoms with Gasteiger partial charge < -0.3 is 15.9 Å². The van der Waals surface area contributed by atoms with Crippen LogP contribution in [0.3, 0.4) is 0 Å². The molecule has 0 amide bonds. The SMILES string of the molecule is CCNC(CCC(=O)Cc1ccccc1)C(=NN)OC. The average Bonchev–Trinajstić information content (AvgIpc) is 2.47. The summed E-state index contributed by atoms with van der Waals surface area (Å²) in [5, 5.41) is 6.82. The Morgan fingerprint density at radius 2 is 2.10 bits per heavy atom. The molecule has 20 heavy (non-hydrogen) atoms. The maximum Gasteiger partial charge on any atom is 0.222 e. The Bertz CT molecular complexity index is 432. The van der Waals surface area contributed by atoms with Gasteiger partial charge in [0.05, 0.1) is 13.2 Å². The third-order valence-electron chi connectivity index (χ3n) is 3.04. The maximum atomic E-state index is 12.0. The van der Waals surface area contributed by atoms with Gasteiger partial charge in [0.25, 0.3) is 0 Å². The first kappa shape index (κ1) is 16.2. The van der Waals surface area contributed by atoms with Crippen molar-refractivity contribution in [2.75, 3.05) is 13.7 Å². The zero-order chi connectivity index (χ0) is 14.8. The highest BCUT2D eigenvalue weighted by molar-refractivity contribution is 5.84. The number of benzene rings is 1. The fourth-order valence-corrected chi connectivity index (χ4v) is 2.06. The highest BCUT2D eigenvalue weighted by Crippen LogP contribution is 2.06. The van der Waals surface area contributed by atoms with Crippen LogP contribution in [0.2, 0.25) is 0 Å². The van der Waals surface area contributed by atoms with Gasteiger partial charge in [-0.15, -0.1) is 5.10 Å². The van der Waals surface area contributed by atoms with E-state index in [2.05, 4.69) is 10.4 Å². The van der Waals surface area contributed by atoms with Gasteiger partial charge in [-0.2, -0.15) is 0 Å². The van der Waals surface area contributed by atoms with Crippen LogP contribution in [0, 0.1) is 0 Å². The number of nitrogens with zero attached hydrogens (tertiary/aromatic N) is 1. The van der Waals surface area contributed by atoms with Gasteiger partial charge in [0.15, 0.2) is 0 Å². The van der Waals surface area contributed by atoms with E-state index >= 15 is 0 Å². The third-order valence-corrected chi connectivity index (χ3v) is 3.04. The van der Waals surface area contributed by atoms with Crippen LogP contribution >= 0.6 is 0 Å². The first-order valence-electron chi connectivity index (χ1n) is 6.82. The first-order chi connectivity index (χ1) is 9.71. The summed E-state index contributed by atoms with van der Waals surface area (Å²) in [6, 6.07) is 9.62. The topological polar surface area (TPSA) is 76.7 Å². The lowest BCUT2D eigenvalue weighted by molar-refractivity contribution is -0.118. The van der Waals surface area contributed by atoms with E-state index in [1.807, 2.05) is 37.3 Å². The number of ether oxygens (including phenoxy) is 1. The molecule has 0 aliphatic rings. The lowest BCUT2D eigenvalue weighted by Crippen LogP contribution is -2.38. The predicted octanol–water partition coefficient (Wildman–Crippen LogP) is 1.48. The number of ketones is 1. The molecule has 0 fully saturated rings. The van der Waals surface area contributed by atoms with E-state index in [4.69, 9.17) is 10.6 Å². The Labute approximate surface area is 120 Å². The second-order valence-electron chi connectivity index (χ2n) is 4.52. The largest absolute Gasteiger partial charge is 0.482 e. The molecule has 0 radical (unpaired) electrons. The number of carbonyl (C=O) groups is 1. The Kier molecular flexibility index (Phi) is 7.35. The van der Waals surface area contributed by atoms with Crippen LogP contribution in [0.25, 0.3) is 0 Å². The Balaban J connectivity index is 2.48. The molecule has 0 heterocycles. The minimum absolute atomic E-state index is 0.116. The Morgan fingerprint density at radius 3 is 2.65 bits per heavy atom. The van der Waals surface area contributed by atoms with E-state index in [0.717, 1.165) is 12.1 Å². The fourth-order valence-electron chi connectivity index (χ4n) is 2.06. The van der Waals surface area contributed by atoms with Gasteiger partial charge >= 0.3 is 0 Å². The highest BCUT2D eigenvalue weighted by atomic mass is 16.5. The number of hydrazone groups is 1. The summed E-state index contributed by atoms with van der Waals surface area (Å²) in [7, 11) is 1.53. The number of nitrogens with one attached hydrogen (secondary N) is 1. The van der Waals surface area contributed by atoms with Gasteiger partial charge in [-0.3, -0.25) is 4.79 Å². The number of nitrogens with two attached hydrogens (primary N) is 1. The summed E-state index contributed by atoms with van der Waals surface area (Å²) in [6.07, 6.45) is 1.56. The van der Waals surface area contributed by atoms with Crippen molar-refractivity contribution in [3.05, 3.63) is 35.9 Å². The van der Waals surface area contributed by atoms with Gasteiger partial charge in [0.2, 0.25) is 5.90 Å². The summed E-state index contributed by atoms with van der Waals surface area (Å²) >= 11 is 0. The van der Waals surface area contributed by atoms with Crippen LogP contribution in [0.1, 0.15) is 25.3 Å². The van der Waals surface area contributed by atoms with E-state index in [1.54, 1.807) is 0 Å². The fraction of sp³-hybridized carbons (Fsp3) is 0.467. The number of hydrogen-bond donors (Lipinski definition) is 2. The molecule has 3 N–H and O–H groups in total. The van der Waals surface area contributed by atoms with E-state index in [9.17, 15) is 4.79 Å². The van der Waals surface area contributed by atoms with Gasteiger partial charge in [-0.05, 0) is 18.5 Å². The summed E-state index contributed by atoms with van der Waals surface area (Å²) < 4.78 is 5.12. The highest BCUT2D eigenvalue weighted by Gasteiger charge is 2.17. The summed E-state index contributed by atoms with van der Waals surface area (Å²) in [4.78, 5) is 12.0. The van der Waals surface area contributed by atoms with Crippen molar-refractivity contribution in [2.45, 2.75) is 32.2 Å². The van der Waals surface area contributed by atoms with Crippen LogP contribution < -0.4 is 11.2 Å². The van der Waals surface area contributed by atoms with Crippen molar-refractivity contribution in [3.63, 3.8) is 0 Å². The smallest absolute Gasteiger partial charge is 0.222 e. The molecule has 1 aromatic carbocycles. The monoisotopic (exact) mass is 277 g/mol. The summed E-state index contributed by atoms with van der Waals surface area (Å²) in [5.74, 6) is 5.91. The van der Waals surface area contributed by atoms with Crippen molar-refractivity contribution < 1.29 is 9.53 Å². The van der Waals surface area contributed by atoms with Crippen molar-refractivity contribution in [1.82, 2.24) is 5.32 Å². The van der Waals surface area contributed by atoms with Gasteiger partial charge in [0, 0.05) is 12.8 Å². The molecule has 0 bridgehead atoms. The zero-order valence-corrected chi connectivity index (χ0v) is 12.1. The number of methoxy groups -OCH3 is 1. The number of Topliss-reactive ketones (excluding diaryl/α,β-unsaturated/α-hetero) is 1. The molecule has 1 rings (SSSR count). The van der Waals surface area contributed by atoms with Crippen LogP contribution in [-0.2, 0) is 16.0 Å². The first-order valence-corrected chi connectivity index (χ1v) is 6.82. The molecule has 0 saturated heterocycles. The Morgan fingerprint density at radius 1 is 1.40 bits per heavy atom. The zero-order valence-electron chi connectivity index (χ0n) is 12.1. The second kappa shape index (κ2) is 9.09. The molecule has 1 unspecified atom stereocenters. The normalized spacial score (nSPS) is 13.0. The molecule has 5 nitrogen and oxygen atoms in total. The van der Waals surface area contributed by atoms with Gasteiger partial charge in [0.1, 0.15) is 5.78 Å². The van der Waals surface area contributed by atoms with E-state index in [1.165, 1.54) is 7.11 Å². The average molecular weight is 277 g/mol. The second-order valence-corrected chi connectivity index (χ2v) is 4.52. The molecule has 0 aliphatic carbocycles. The standard InChI is InChI=1S/C15H23N3O2/c1-3-17-14(15(18-16)20-2)10-9-13(19)11-12-7-5-4-6-8-12/h4-8,14,17H,3,9-11,16H2,1-2H3. The lowest BCUT2D eigenvalue weighted by atomic mass is 10.0. The van der Waals surface area contributed by atoms with Gasteiger partial charge in [-0.1, -0.05) is 37.3 Å². The van der Waals surface area contributed by atoms with Crippen LogP contribution in [-0.4, -0.2) is 31.4 Å². The molecule has 110 valence electrons.